The van der Waals surface area contributed by atoms with Gasteiger partial charge in [-0.05, 0) is 25.7 Å². The molecule has 2 aromatic carbocycles. The average Bonchev–Trinajstić information content (AvgIpc) is 2.73. The highest BCUT2D eigenvalue weighted by Crippen LogP contribution is 2.45. The Morgan fingerprint density at radius 3 is 1.52 bits per heavy atom. The zero-order valence-corrected chi connectivity index (χ0v) is 18.2. The molecule has 0 aliphatic heterocycles. The number of hydrogen-bond acceptors (Lipinski definition) is 6. The van der Waals surface area contributed by atoms with Gasteiger partial charge in [0.15, 0.2) is 0 Å². The zero-order chi connectivity index (χ0) is 23.1. The van der Waals surface area contributed by atoms with Gasteiger partial charge in [0.25, 0.3) is 0 Å². The molecular weight excluding hydrogens is 396 g/mol. The molecule has 0 aliphatic carbocycles. The molecule has 31 heavy (non-hydrogen) atoms. The molecule has 6 nitrogen and oxygen atoms in total. The third-order valence-corrected chi connectivity index (χ3v) is 5.21. The maximum Gasteiger partial charge on any atom is 0.133 e. The lowest BCUT2D eigenvalue weighted by Crippen LogP contribution is -2.06. The maximum atomic E-state index is 10.7. The van der Waals surface area contributed by atoms with Gasteiger partial charge in [-0.15, -0.1) is 13.2 Å². The molecule has 0 atom stereocenters. The molecule has 2 rings (SSSR count). The Morgan fingerprint density at radius 1 is 0.710 bits per heavy atom. The van der Waals surface area contributed by atoms with Crippen molar-refractivity contribution in [2.75, 3.05) is 0 Å². The van der Waals surface area contributed by atoms with Crippen molar-refractivity contribution in [2.24, 2.45) is 0 Å². The van der Waals surface area contributed by atoms with Crippen LogP contribution in [-0.4, -0.2) is 25.5 Å². The largest absolute Gasteiger partial charge is 0.507 e. The molecule has 0 amide bonds. The van der Waals surface area contributed by atoms with E-state index < -0.39 is 0 Å². The van der Waals surface area contributed by atoms with Crippen LogP contribution in [0.5, 0.6) is 34.5 Å². The lowest BCUT2D eigenvalue weighted by atomic mass is 9.96. The van der Waals surface area contributed by atoms with Crippen molar-refractivity contribution in [1.82, 2.24) is 0 Å². The molecule has 2 aromatic rings. The molecule has 0 aliphatic rings. The van der Waals surface area contributed by atoms with Crippen LogP contribution >= 0.6 is 0 Å². The van der Waals surface area contributed by atoms with Crippen molar-refractivity contribution in [1.29, 1.82) is 0 Å². The van der Waals surface area contributed by atoms with Crippen molar-refractivity contribution in [3.8, 4) is 34.5 Å². The summed E-state index contributed by atoms with van der Waals surface area (Å²) in [4.78, 5) is 0. The van der Waals surface area contributed by atoms with Crippen LogP contribution in [0.4, 0.5) is 0 Å². The zero-order valence-electron chi connectivity index (χ0n) is 18.2. The molecule has 0 bridgehead atoms. The van der Waals surface area contributed by atoms with Crippen LogP contribution in [0.3, 0.4) is 0 Å². The topological polar surface area (TPSA) is 110 Å². The van der Waals surface area contributed by atoms with Crippen molar-refractivity contribution in [3.05, 3.63) is 59.2 Å². The summed E-state index contributed by atoms with van der Waals surface area (Å²) < 4.78 is 6.02. The molecule has 0 unspecified atom stereocenters. The van der Waals surface area contributed by atoms with Crippen LogP contribution in [-0.2, 0) is 32.3 Å². The van der Waals surface area contributed by atoms with E-state index in [1.165, 1.54) is 6.07 Å². The Morgan fingerprint density at radius 2 is 1.13 bits per heavy atom. The fourth-order valence-electron chi connectivity index (χ4n) is 3.72. The van der Waals surface area contributed by atoms with Gasteiger partial charge < -0.3 is 30.3 Å². The van der Waals surface area contributed by atoms with Crippen LogP contribution in [0.15, 0.2) is 31.4 Å². The SMILES string of the molecule is C=CCc1c(O)c(CC=C)c(O)c(COc2c(CCC)c(O)cc(O)c2CCC)c1O. The first-order valence-corrected chi connectivity index (χ1v) is 10.5. The molecule has 0 saturated carbocycles. The van der Waals surface area contributed by atoms with Gasteiger partial charge in [-0.2, -0.15) is 0 Å². The first-order chi connectivity index (χ1) is 14.8. The Hall–Kier alpha value is -3.28. The maximum absolute atomic E-state index is 10.7. The molecular formula is C25H32O6. The highest BCUT2D eigenvalue weighted by Gasteiger charge is 2.24. The number of rotatable bonds is 11. The Balaban J connectivity index is 2.60. The molecule has 6 heteroatoms. The van der Waals surface area contributed by atoms with E-state index in [0.717, 1.165) is 12.8 Å². The third kappa shape index (κ3) is 4.90. The van der Waals surface area contributed by atoms with Gasteiger partial charge in [-0.3, -0.25) is 0 Å². The lowest BCUT2D eigenvalue weighted by molar-refractivity contribution is 0.279. The molecule has 0 saturated heterocycles. The second kappa shape index (κ2) is 10.7. The highest BCUT2D eigenvalue weighted by molar-refractivity contribution is 5.62. The summed E-state index contributed by atoms with van der Waals surface area (Å²) >= 11 is 0. The monoisotopic (exact) mass is 428 g/mol. The summed E-state index contributed by atoms with van der Waals surface area (Å²) in [5.41, 5.74) is 1.73. The van der Waals surface area contributed by atoms with Gasteiger partial charge in [0.1, 0.15) is 41.1 Å². The molecule has 0 spiro atoms. The van der Waals surface area contributed by atoms with Gasteiger partial charge in [0, 0.05) is 28.3 Å². The fraction of sp³-hybridized carbons (Fsp3) is 0.360. The van der Waals surface area contributed by atoms with E-state index in [0.29, 0.717) is 29.7 Å². The molecule has 0 aromatic heterocycles. The summed E-state index contributed by atoms with van der Waals surface area (Å²) in [6.45, 7) is 11.0. The third-order valence-electron chi connectivity index (χ3n) is 5.21. The van der Waals surface area contributed by atoms with Crippen molar-refractivity contribution >= 4 is 0 Å². The van der Waals surface area contributed by atoms with E-state index in [2.05, 4.69) is 13.2 Å². The Kier molecular flexibility index (Phi) is 8.25. The van der Waals surface area contributed by atoms with Gasteiger partial charge in [-0.25, -0.2) is 0 Å². The molecule has 0 fully saturated rings. The van der Waals surface area contributed by atoms with Crippen LogP contribution in [0, 0.1) is 0 Å². The highest BCUT2D eigenvalue weighted by atomic mass is 16.5. The minimum absolute atomic E-state index is 0.0620. The first kappa shape index (κ1) is 24.0. The summed E-state index contributed by atoms with van der Waals surface area (Å²) in [5.74, 6) is -0.529. The van der Waals surface area contributed by atoms with E-state index in [1.54, 1.807) is 12.2 Å². The van der Waals surface area contributed by atoms with Gasteiger partial charge in [0.2, 0.25) is 0 Å². The number of benzene rings is 2. The molecule has 0 radical (unpaired) electrons. The van der Waals surface area contributed by atoms with Crippen LogP contribution in [0.2, 0.25) is 0 Å². The number of allylic oxidation sites excluding steroid dienone is 2. The predicted octanol–water partition coefficient (Wildman–Crippen LogP) is 5.16. The number of aromatic hydroxyl groups is 5. The van der Waals surface area contributed by atoms with E-state index in [-0.39, 0.29) is 64.9 Å². The van der Waals surface area contributed by atoms with E-state index in [4.69, 9.17) is 4.74 Å². The molecule has 5 N–H and O–H groups in total. The summed E-state index contributed by atoms with van der Waals surface area (Å²) in [7, 11) is 0. The van der Waals surface area contributed by atoms with Gasteiger partial charge in [0.05, 0.1) is 5.56 Å². The smallest absolute Gasteiger partial charge is 0.133 e. The van der Waals surface area contributed by atoms with Crippen LogP contribution in [0.25, 0.3) is 0 Å². The quantitative estimate of drug-likeness (QED) is 0.316. The lowest BCUT2D eigenvalue weighted by Gasteiger charge is -2.21. The summed E-state index contributed by atoms with van der Waals surface area (Å²) in [5, 5.41) is 52.7. The normalized spacial score (nSPS) is 10.8. The molecule has 0 heterocycles. The van der Waals surface area contributed by atoms with Crippen LogP contribution in [0.1, 0.15) is 54.5 Å². The van der Waals surface area contributed by atoms with Crippen molar-refractivity contribution in [2.45, 2.75) is 59.0 Å². The molecule has 168 valence electrons. The number of phenols is 5. The Bertz CT molecular complexity index is 894. The van der Waals surface area contributed by atoms with Crippen molar-refractivity contribution < 1.29 is 30.3 Å². The van der Waals surface area contributed by atoms with E-state index in [9.17, 15) is 25.5 Å². The number of ether oxygens (including phenoxy) is 1. The number of hydrogen-bond donors (Lipinski definition) is 5. The fourth-order valence-corrected chi connectivity index (χ4v) is 3.72. The van der Waals surface area contributed by atoms with Crippen LogP contribution < -0.4 is 4.74 Å². The van der Waals surface area contributed by atoms with E-state index in [1.807, 2.05) is 13.8 Å². The summed E-state index contributed by atoms with van der Waals surface area (Å²) in [6.07, 6.45) is 6.06. The van der Waals surface area contributed by atoms with Gasteiger partial charge in [-0.1, -0.05) is 38.8 Å². The predicted molar refractivity (Wildman–Crippen MR) is 121 cm³/mol. The summed E-state index contributed by atoms with van der Waals surface area (Å²) in [6, 6.07) is 1.32. The standard InChI is InChI=1S/C25H32O6/c1-5-9-15-20(26)13-21(27)16(10-6-2)25(15)31-14-19-23(29)17(11-7-3)22(28)18(12-8-4)24(19)30/h7-8,13,26-30H,3-6,9-12,14H2,1-2H3. The second-order valence-corrected chi connectivity index (χ2v) is 7.46. The number of phenolic OH excluding ortho intramolecular Hbond substituents is 5. The Labute approximate surface area is 183 Å². The van der Waals surface area contributed by atoms with Crippen molar-refractivity contribution in [3.63, 3.8) is 0 Å². The minimum Gasteiger partial charge on any atom is -0.507 e. The minimum atomic E-state index is -0.277. The first-order valence-electron chi connectivity index (χ1n) is 10.5. The van der Waals surface area contributed by atoms with E-state index >= 15 is 0 Å². The van der Waals surface area contributed by atoms with Gasteiger partial charge >= 0.3 is 0 Å². The second-order valence-electron chi connectivity index (χ2n) is 7.46. The average molecular weight is 429 g/mol.